The van der Waals surface area contributed by atoms with Crippen LogP contribution in [0.5, 0.6) is 23.0 Å². The van der Waals surface area contributed by atoms with E-state index in [1.54, 1.807) is 48.5 Å². The van der Waals surface area contributed by atoms with Crippen LogP contribution in [0.4, 0.5) is 0 Å². The number of rotatable bonds is 8. The van der Waals surface area contributed by atoms with Gasteiger partial charge in [0.2, 0.25) is 0 Å². The van der Waals surface area contributed by atoms with Gasteiger partial charge in [-0.05, 0) is 125 Å². The fraction of sp³-hybridized carbons (Fsp3) is 0.257. The lowest BCUT2D eigenvalue weighted by Gasteiger charge is -2.11. The summed E-state index contributed by atoms with van der Waals surface area (Å²) in [5.74, 6) is 1.65. The van der Waals surface area contributed by atoms with Gasteiger partial charge in [0.25, 0.3) is 0 Å². The molecule has 2 N–H and O–H groups in total. The fourth-order valence-corrected chi connectivity index (χ4v) is 3.47. The molecule has 0 aliphatic rings. The normalized spacial score (nSPS) is 10.3. The van der Waals surface area contributed by atoms with Gasteiger partial charge < -0.3 is 19.7 Å². The summed E-state index contributed by atoms with van der Waals surface area (Å²) in [5.41, 5.74) is 2.30. The minimum atomic E-state index is -0.139. The summed E-state index contributed by atoms with van der Waals surface area (Å²) in [7, 11) is 0. The zero-order valence-electron chi connectivity index (χ0n) is 24.9. The smallest absolute Gasteiger partial charge is 0.193 e. The average Bonchev–Trinajstić information content (AvgIpc) is 2.93. The van der Waals surface area contributed by atoms with Crippen molar-refractivity contribution in [2.45, 2.75) is 58.6 Å². The molecule has 4 aromatic rings. The van der Waals surface area contributed by atoms with Crippen molar-refractivity contribution in [3.8, 4) is 23.0 Å². The van der Waals surface area contributed by atoms with Crippen LogP contribution >= 0.6 is 15.9 Å². The first-order chi connectivity index (χ1) is 19.8. The average molecular weight is 636 g/mol. The van der Waals surface area contributed by atoms with Gasteiger partial charge >= 0.3 is 0 Å². The Kier molecular flexibility index (Phi) is 13.8. The molecule has 0 radical (unpaired) electrons. The molecule has 0 aliphatic heterocycles. The molecule has 4 rings (SSSR count). The number of benzene rings is 4. The second-order valence-corrected chi connectivity index (χ2v) is 12.0. The van der Waals surface area contributed by atoms with Crippen LogP contribution in [0.3, 0.4) is 0 Å². The van der Waals surface area contributed by atoms with Crippen molar-refractivity contribution in [3.63, 3.8) is 0 Å². The molecule has 0 saturated carbocycles. The lowest BCUT2D eigenvalue weighted by molar-refractivity contribution is 0.103. The minimum absolute atomic E-state index is 0.00723. The highest BCUT2D eigenvalue weighted by molar-refractivity contribution is 9.09. The maximum atomic E-state index is 12.4. The van der Waals surface area contributed by atoms with Crippen LogP contribution in [0.1, 0.15) is 73.4 Å². The molecule has 222 valence electrons. The molecule has 4 aromatic carbocycles. The van der Waals surface area contributed by atoms with Gasteiger partial charge in [0.05, 0.1) is 12.2 Å². The van der Waals surface area contributed by atoms with Crippen LogP contribution in [-0.4, -0.2) is 38.8 Å². The number of carbonyl (C=O) groups is 2. The summed E-state index contributed by atoms with van der Waals surface area (Å²) in [4.78, 5) is 25.0. The number of halogens is 1. The van der Waals surface area contributed by atoms with E-state index in [0.717, 1.165) is 11.5 Å². The molecule has 0 aromatic heterocycles. The number of alkyl halides is 1. The summed E-state index contributed by atoms with van der Waals surface area (Å²) >= 11 is 3.27. The van der Waals surface area contributed by atoms with Crippen LogP contribution in [0.15, 0.2) is 97.1 Å². The topological polar surface area (TPSA) is 93.1 Å². The highest BCUT2D eigenvalue weighted by Crippen LogP contribution is 2.20. The molecule has 6 nitrogen and oxygen atoms in total. The predicted octanol–water partition coefficient (Wildman–Crippen LogP) is 8.61. The van der Waals surface area contributed by atoms with E-state index >= 15 is 0 Å². The van der Waals surface area contributed by atoms with Crippen molar-refractivity contribution < 1.29 is 29.3 Å². The van der Waals surface area contributed by atoms with Crippen molar-refractivity contribution in [1.29, 1.82) is 0 Å². The highest BCUT2D eigenvalue weighted by atomic mass is 79.9. The first-order valence-electron chi connectivity index (χ1n) is 13.7. The van der Waals surface area contributed by atoms with E-state index in [2.05, 4.69) is 29.8 Å². The quantitative estimate of drug-likeness (QED) is 0.149. The van der Waals surface area contributed by atoms with E-state index in [4.69, 9.17) is 19.7 Å². The van der Waals surface area contributed by atoms with Gasteiger partial charge in [0, 0.05) is 27.1 Å². The molecule has 0 bridgehead atoms. The van der Waals surface area contributed by atoms with E-state index in [1.807, 2.05) is 52.0 Å². The van der Waals surface area contributed by atoms with Crippen LogP contribution in [0, 0.1) is 0 Å². The number of phenolic OH excluding ortho intramolecular Hbond substituents is 2. The van der Waals surface area contributed by atoms with Gasteiger partial charge in [-0.2, -0.15) is 0 Å². The summed E-state index contributed by atoms with van der Waals surface area (Å²) < 4.78 is 11.2. The molecule has 0 heterocycles. The molecular weight excluding hydrogens is 596 g/mol. The fourth-order valence-electron chi connectivity index (χ4n) is 3.47. The lowest BCUT2D eigenvalue weighted by Crippen LogP contribution is -2.07. The largest absolute Gasteiger partial charge is 0.508 e. The molecular formula is C35H39BrO6. The zero-order valence-corrected chi connectivity index (χ0v) is 26.5. The maximum absolute atomic E-state index is 12.4. The molecule has 0 amide bonds. The van der Waals surface area contributed by atoms with Crippen molar-refractivity contribution >= 4 is 27.5 Å². The monoisotopic (exact) mass is 634 g/mol. The summed E-state index contributed by atoms with van der Waals surface area (Å²) in [6.45, 7) is 12.1. The first-order valence-corrected chi connectivity index (χ1v) is 14.6. The molecule has 0 spiro atoms. The number of hydrogen-bond acceptors (Lipinski definition) is 6. The number of aromatic hydroxyl groups is 2. The van der Waals surface area contributed by atoms with Crippen LogP contribution in [-0.2, 0) is 0 Å². The molecule has 7 heteroatoms. The number of hydrogen-bond donors (Lipinski definition) is 2. The molecule has 0 saturated heterocycles. The Labute approximate surface area is 257 Å². The SMILES string of the molecule is CC(C)Br.CC(C)Oc1ccc(C(=O)c2ccc(OC(C)C)cc2)cc1.O=C(c1ccc(O)cc1)c1ccc(O)cc1. The van der Waals surface area contributed by atoms with Gasteiger partial charge in [-0.25, -0.2) is 0 Å². The van der Waals surface area contributed by atoms with Crippen LogP contribution in [0.25, 0.3) is 0 Å². The third-order valence-electron chi connectivity index (χ3n) is 5.24. The Balaban J connectivity index is 0.000000270. The molecule has 42 heavy (non-hydrogen) atoms. The van der Waals surface area contributed by atoms with E-state index < -0.39 is 0 Å². The summed E-state index contributed by atoms with van der Waals surface area (Å²) in [6, 6.07) is 26.6. The lowest BCUT2D eigenvalue weighted by atomic mass is 10.0. The highest BCUT2D eigenvalue weighted by Gasteiger charge is 2.10. The van der Waals surface area contributed by atoms with E-state index in [9.17, 15) is 9.59 Å². The Morgan fingerprint density at radius 3 is 0.929 bits per heavy atom. The van der Waals surface area contributed by atoms with Gasteiger partial charge in [0.15, 0.2) is 11.6 Å². The zero-order chi connectivity index (χ0) is 31.2. The Hall–Kier alpha value is -4.10. The van der Waals surface area contributed by atoms with Gasteiger partial charge in [-0.3, -0.25) is 9.59 Å². The third kappa shape index (κ3) is 12.2. The Morgan fingerprint density at radius 2 is 0.714 bits per heavy atom. The van der Waals surface area contributed by atoms with E-state index in [-0.39, 0.29) is 35.3 Å². The number of ketones is 2. The Bertz CT molecular complexity index is 1270. The molecule has 0 aliphatic carbocycles. The van der Waals surface area contributed by atoms with Crippen molar-refractivity contribution in [3.05, 3.63) is 119 Å². The van der Waals surface area contributed by atoms with Gasteiger partial charge in [-0.1, -0.05) is 29.8 Å². The van der Waals surface area contributed by atoms with Crippen molar-refractivity contribution in [2.75, 3.05) is 0 Å². The summed E-state index contributed by atoms with van der Waals surface area (Å²) in [6.07, 6.45) is 0.241. The number of phenols is 2. The van der Waals surface area contributed by atoms with Gasteiger partial charge in [-0.15, -0.1) is 0 Å². The van der Waals surface area contributed by atoms with Gasteiger partial charge in [0.1, 0.15) is 23.0 Å². The molecule has 0 fully saturated rings. The Morgan fingerprint density at radius 1 is 0.500 bits per heavy atom. The van der Waals surface area contributed by atoms with E-state index in [0.29, 0.717) is 27.1 Å². The first kappa shape index (κ1) is 34.1. The van der Waals surface area contributed by atoms with Crippen LogP contribution < -0.4 is 9.47 Å². The van der Waals surface area contributed by atoms with Crippen molar-refractivity contribution in [1.82, 2.24) is 0 Å². The minimum Gasteiger partial charge on any atom is -0.508 e. The third-order valence-corrected chi connectivity index (χ3v) is 5.24. The van der Waals surface area contributed by atoms with E-state index in [1.165, 1.54) is 24.3 Å². The molecule has 0 unspecified atom stereocenters. The number of carbonyl (C=O) groups excluding carboxylic acids is 2. The van der Waals surface area contributed by atoms with Crippen LogP contribution in [0.2, 0.25) is 0 Å². The van der Waals surface area contributed by atoms with Crippen molar-refractivity contribution in [2.24, 2.45) is 0 Å². The predicted molar refractivity (Wildman–Crippen MR) is 172 cm³/mol. The second-order valence-electron chi connectivity index (χ2n) is 10.1. The maximum Gasteiger partial charge on any atom is 0.193 e. The molecule has 0 atom stereocenters. The second kappa shape index (κ2) is 17.0. The number of ether oxygens (including phenoxy) is 2. The standard InChI is InChI=1S/C19H22O3.C13H10O3.C3H7Br/c1-13(2)21-17-9-5-15(6-10-17)19(20)16-7-11-18(12-8-16)22-14(3)4;14-11-5-1-9(2-6-11)13(16)10-3-7-12(15)8-4-10;1-3(2)4/h5-14H,1-4H3;1-8,14-15H;3H,1-2H3. The summed E-state index contributed by atoms with van der Waals surface area (Å²) in [5, 5.41) is 18.2.